The quantitative estimate of drug-likeness (QED) is 0.894. The predicted octanol–water partition coefficient (Wildman–Crippen LogP) is 2.41. The van der Waals surface area contributed by atoms with E-state index in [1.54, 1.807) is 4.90 Å². The van der Waals surface area contributed by atoms with E-state index in [9.17, 15) is 9.59 Å². The molecule has 2 heterocycles. The third-order valence-electron chi connectivity index (χ3n) is 3.83. The molecule has 2 aromatic rings. The van der Waals surface area contributed by atoms with Crippen molar-refractivity contribution >= 4 is 28.4 Å². The van der Waals surface area contributed by atoms with Gasteiger partial charge in [-0.3, -0.25) is 4.79 Å². The Balaban J connectivity index is 1.52. The van der Waals surface area contributed by atoms with Crippen molar-refractivity contribution in [2.24, 2.45) is 0 Å². The first-order valence-electron chi connectivity index (χ1n) is 7.94. The summed E-state index contributed by atoms with van der Waals surface area (Å²) >= 11 is 1.44. The number of carbonyl (C=O) groups is 2. The average Bonchev–Trinajstić information content (AvgIpc) is 2.96. The molecule has 0 atom stereocenters. The van der Waals surface area contributed by atoms with Crippen molar-refractivity contribution in [3.05, 3.63) is 46.5 Å². The summed E-state index contributed by atoms with van der Waals surface area (Å²) in [6.07, 6.45) is 1.54. The number of rotatable bonds is 4. The minimum Gasteiger partial charge on any atom is -0.338 e. The number of aromatic nitrogens is 1. The SMILES string of the molecule is CC(=O)Nc1nc2c(s1)CN(C(=O)NCCc1ccccc1)CC2. The van der Waals surface area contributed by atoms with Crippen LogP contribution in [-0.2, 0) is 24.2 Å². The molecule has 0 radical (unpaired) electrons. The smallest absolute Gasteiger partial charge is 0.317 e. The van der Waals surface area contributed by atoms with Crippen molar-refractivity contribution in [2.75, 3.05) is 18.4 Å². The highest BCUT2D eigenvalue weighted by Crippen LogP contribution is 2.28. The monoisotopic (exact) mass is 344 g/mol. The van der Waals surface area contributed by atoms with Gasteiger partial charge in [0.1, 0.15) is 0 Å². The van der Waals surface area contributed by atoms with E-state index in [0.717, 1.165) is 23.4 Å². The fraction of sp³-hybridized carbons (Fsp3) is 0.353. The van der Waals surface area contributed by atoms with E-state index in [4.69, 9.17) is 0 Å². The van der Waals surface area contributed by atoms with E-state index in [2.05, 4.69) is 27.8 Å². The minimum absolute atomic E-state index is 0.0499. The Morgan fingerprint density at radius 3 is 2.83 bits per heavy atom. The van der Waals surface area contributed by atoms with E-state index in [1.807, 2.05) is 18.2 Å². The number of hydrogen-bond donors (Lipinski definition) is 2. The van der Waals surface area contributed by atoms with Gasteiger partial charge in [-0.15, -0.1) is 0 Å². The zero-order chi connectivity index (χ0) is 16.9. The number of nitrogens with one attached hydrogen (secondary N) is 2. The molecule has 0 unspecified atom stereocenters. The van der Waals surface area contributed by atoms with E-state index in [-0.39, 0.29) is 11.9 Å². The molecule has 126 valence electrons. The van der Waals surface area contributed by atoms with Gasteiger partial charge in [0, 0.05) is 31.3 Å². The van der Waals surface area contributed by atoms with E-state index in [1.165, 1.54) is 23.8 Å². The lowest BCUT2D eigenvalue weighted by molar-refractivity contribution is -0.114. The third kappa shape index (κ3) is 4.11. The first-order valence-corrected chi connectivity index (χ1v) is 8.76. The van der Waals surface area contributed by atoms with E-state index < -0.39 is 0 Å². The van der Waals surface area contributed by atoms with E-state index >= 15 is 0 Å². The Labute approximate surface area is 144 Å². The van der Waals surface area contributed by atoms with Gasteiger partial charge in [-0.25, -0.2) is 9.78 Å². The molecule has 1 aliphatic heterocycles. The van der Waals surface area contributed by atoms with Gasteiger partial charge in [0.25, 0.3) is 0 Å². The first kappa shape index (κ1) is 16.4. The van der Waals surface area contributed by atoms with Crippen LogP contribution in [0.15, 0.2) is 30.3 Å². The zero-order valence-corrected chi connectivity index (χ0v) is 14.4. The summed E-state index contributed by atoms with van der Waals surface area (Å²) in [6, 6.07) is 10.0. The molecule has 0 fully saturated rings. The van der Waals surface area contributed by atoms with Crippen LogP contribution in [0.4, 0.5) is 9.93 Å². The summed E-state index contributed by atoms with van der Waals surface area (Å²) in [5, 5.41) is 6.29. The molecule has 0 aliphatic carbocycles. The zero-order valence-electron chi connectivity index (χ0n) is 13.5. The second-order valence-corrected chi connectivity index (χ2v) is 6.79. The summed E-state index contributed by atoms with van der Waals surface area (Å²) in [5.74, 6) is -0.128. The third-order valence-corrected chi connectivity index (χ3v) is 4.83. The minimum atomic E-state index is -0.128. The molecule has 0 bridgehead atoms. The summed E-state index contributed by atoms with van der Waals surface area (Å²) in [6.45, 7) is 3.27. The number of carbonyl (C=O) groups excluding carboxylic acids is 2. The second kappa shape index (κ2) is 7.44. The van der Waals surface area contributed by atoms with Crippen LogP contribution in [0.5, 0.6) is 0 Å². The van der Waals surface area contributed by atoms with Crippen molar-refractivity contribution in [2.45, 2.75) is 26.3 Å². The van der Waals surface area contributed by atoms with Crippen LogP contribution < -0.4 is 10.6 Å². The number of amides is 3. The summed E-state index contributed by atoms with van der Waals surface area (Å²) in [4.78, 5) is 30.7. The Morgan fingerprint density at radius 2 is 2.08 bits per heavy atom. The van der Waals surface area contributed by atoms with Crippen LogP contribution >= 0.6 is 11.3 Å². The Kier molecular flexibility index (Phi) is 5.10. The molecular formula is C17H20N4O2S. The second-order valence-electron chi connectivity index (χ2n) is 5.71. The molecule has 0 spiro atoms. The lowest BCUT2D eigenvalue weighted by Gasteiger charge is -2.26. The number of anilines is 1. The van der Waals surface area contributed by atoms with Crippen molar-refractivity contribution in [1.29, 1.82) is 0 Å². The number of benzene rings is 1. The first-order chi connectivity index (χ1) is 11.6. The maximum atomic E-state index is 12.3. The van der Waals surface area contributed by atoms with Gasteiger partial charge < -0.3 is 15.5 Å². The van der Waals surface area contributed by atoms with Crippen molar-refractivity contribution in [3.63, 3.8) is 0 Å². The highest BCUT2D eigenvalue weighted by Gasteiger charge is 2.24. The van der Waals surface area contributed by atoms with Crippen LogP contribution in [0, 0.1) is 0 Å². The van der Waals surface area contributed by atoms with Gasteiger partial charge in [0.15, 0.2) is 5.13 Å². The fourth-order valence-corrected chi connectivity index (χ4v) is 3.71. The maximum absolute atomic E-state index is 12.3. The summed E-state index contributed by atoms with van der Waals surface area (Å²) in [5.41, 5.74) is 2.19. The molecule has 0 saturated carbocycles. The molecule has 1 aromatic carbocycles. The van der Waals surface area contributed by atoms with Crippen molar-refractivity contribution in [3.8, 4) is 0 Å². The number of urea groups is 1. The van der Waals surface area contributed by atoms with Gasteiger partial charge in [-0.1, -0.05) is 41.7 Å². The lowest BCUT2D eigenvalue weighted by Crippen LogP contribution is -2.43. The molecule has 7 heteroatoms. The number of nitrogens with zero attached hydrogens (tertiary/aromatic N) is 2. The Morgan fingerprint density at radius 1 is 1.29 bits per heavy atom. The number of fused-ring (bicyclic) bond motifs is 1. The molecule has 2 N–H and O–H groups in total. The van der Waals surface area contributed by atoms with E-state index in [0.29, 0.717) is 24.8 Å². The topological polar surface area (TPSA) is 74.3 Å². The standard InChI is InChI=1S/C17H20N4O2S/c1-12(22)19-16-20-14-8-10-21(11-15(14)24-16)17(23)18-9-7-13-5-3-2-4-6-13/h2-6H,7-11H2,1H3,(H,18,23)(H,19,20,22). The van der Waals surface area contributed by atoms with Crippen LogP contribution in [-0.4, -0.2) is 34.9 Å². The Hall–Kier alpha value is -2.41. The highest BCUT2D eigenvalue weighted by atomic mass is 32.1. The van der Waals surface area contributed by atoms with Gasteiger partial charge in [-0.05, 0) is 12.0 Å². The van der Waals surface area contributed by atoms with Crippen LogP contribution in [0.1, 0.15) is 23.1 Å². The Bertz CT molecular complexity index is 729. The molecule has 3 amide bonds. The van der Waals surface area contributed by atoms with Gasteiger partial charge >= 0.3 is 6.03 Å². The lowest BCUT2D eigenvalue weighted by atomic mass is 10.1. The average molecular weight is 344 g/mol. The van der Waals surface area contributed by atoms with Crippen molar-refractivity contribution < 1.29 is 9.59 Å². The van der Waals surface area contributed by atoms with Gasteiger partial charge in [-0.2, -0.15) is 0 Å². The molecule has 3 rings (SSSR count). The molecule has 1 aliphatic rings. The van der Waals surface area contributed by atoms with Crippen LogP contribution in [0.2, 0.25) is 0 Å². The van der Waals surface area contributed by atoms with Gasteiger partial charge in [0.05, 0.1) is 12.2 Å². The highest BCUT2D eigenvalue weighted by molar-refractivity contribution is 7.15. The molecule has 0 saturated heterocycles. The summed E-state index contributed by atoms with van der Waals surface area (Å²) in [7, 11) is 0. The molecule has 6 nitrogen and oxygen atoms in total. The maximum Gasteiger partial charge on any atom is 0.317 e. The van der Waals surface area contributed by atoms with Gasteiger partial charge in [0.2, 0.25) is 5.91 Å². The summed E-state index contributed by atoms with van der Waals surface area (Å²) < 4.78 is 0. The number of hydrogen-bond acceptors (Lipinski definition) is 4. The number of thiazole rings is 1. The molecule has 24 heavy (non-hydrogen) atoms. The van der Waals surface area contributed by atoms with Crippen molar-refractivity contribution in [1.82, 2.24) is 15.2 Å². The fourth-order valence-electron chi connectivity index (χ4n) is 2.64. The largest absolute Gasteiger partial charge is 0.338 e. The predicted molar refractivity (Wildman–Crippen MR) is 94.1 cm³/mol. The normalized spacial score (nSPS) is 13.3. The molecular weight excluding hydrogens is 324 g/mol. The molecule has 1 aromatic heterocycles. The van der Waals surface area contributed by atoms with Crippen LogP contribution in [0.3, 0.4) is 0 Å². The van der Waals surface area contributed by atoms with Crippen LogP contribution in [0.25, 0.3) is 0 Å².